The van der Waals surface area contributed by atoms with E-state index in [-0.39, 0.29) is 24.9 Å². The first-order valence-corrected chi connectivity index (χ1v) is 8.45. The SMILES string of the molecule is COC(=O)COc1c(C)cc(CNCC(=O)Nc2ccc(F)cc2)cc1C. The average Bonchev–Trinajstić information content (AvgIpc) is 2.62. The molecule has 1 amide bonds. The Morgan fingerprint density at radius 3 is 2.30 bits per heavy atom. The van der Waals surface area contributed by atoms with Gasteiger partial charge >= 0.3 is 5.97 Å². The van der Waals surface area contributed by atoms with E-state index in [0.717, 1.165) is 16.7 Å². The summed E-state index contributed by atoms with van der Waals surface area (Å²) >= 11 is 0. The van der Waals surface area contributed by atoms with Gasteiger partial charge in [0.2, 0.25) is 5.91 Å². The average molecular weight is 374 g/mol. The van der Waals surface area contributed by atoms with Crippen LogP contribution in [0.2, 0.25) is 0 Å². The third-order valence-electron chi connectivity index (χ3n) is 3.82. The van der Waals surface area contributed by atoms with Crippen molar-refractivity contribution in [1.29, 1.82) is 0 Å². The Kier molecular flexibility index (Phi) is 7.31. The second-order valence-corrected chi connectivity index (χ2v) is 6.08. The molecule has 0 heterocycles. The number of benzene rings is 2. The van der Waals surface area contributed by atoms with Gasteiger partial charge in [-0.25, -0.2) is 9.18 Å². The molecule has 0 saturated carbocycles. The zero-order valence-electron chi connectivity index (χ0n) is 15.6. The molecule has 2 N–H and O–H groups in total. The molecule has 7 heteroatoms. The largest absolute Gasteiger partial charge is 0.481 e. The van der Waals surface area contributed by atoms with Crippen molar-refractivity contribution in [3.05, 3.63) is 58.9 Å². The van der Waals surface area contributed by atoms with E-state index >= 15 is 0 Å². The lowest BCUT2D eigenvalue weighted by Gasteiger charge is -2.14. The third-order valence-corrected chi connectivity index (χ3v) is 3.82. The summed E-state index contributed by atoms with van der Waals surface area (Å²) in [5, 5.41) is 5.75. The smallest absolute Gasteiger partial charge is 0.343 e. The molecule has 27 heavy (non-hydrogen) atoms. The lowest BCUT2D eigenvalue weighted by molar-refractivity contribution is -0.142. The van der Waals surface area contributed by atoms with E-state index in [9.17, 15) is 14.0 Å². The quantitative estimate of drug-likeness (QED) is 0.695. The Balaban J connectivity index is 1.85. The molecular weight excluding hydrogens is 351 g/mol. The lowest BCUT2D eigenvalue weighted by Crippen LogP contribution is -2.27. The number of methoxy groups -OCH3 is 1. The Morgan fingerprint density at radius 1 is 1.07 bits per heavy atom. The molecule has 0 aliphatic heterocycles. The van der Waals surface area contributed by atoms with Gasteiger partial charge in [-0.3, -0.25) is 4.79 Å². The highest BCUT2D eigenvalue weighted by Crippen LogP contribution is 2.24. The summed E-state index contributed by atoms with van der Waals surface area (Å²) in [6.07, 6.45) is 0. The molecule has 0 fully saturated rings. The van der Waals surface area contributed by atoms with Crippen molar-refractivity contribution in [1.82, 2.24) is 5.32 Å². The zero-order valence-corrected chi connectivity index (χ0v) is 15.6. The number of ether oxygens (including phenoxy) is 2. The van der Waals surface area contributed by atoms with Crippen LogP contribution in [0.4, 0.5) is 10.1 Å². The van der Waals surface area contributed by atoms with Crippen molar-refractivity contribution >= 4 is 17.6 Å². The van der Waals surface area contributed by atoms with E-state index in [4.69, 9.17) is 4.74 Å². The fourth-order valence-corrected chi connectivity index (χ4v) is 2.62. The Hall–Kier alpha value is -2.93. The molecule has 6 nitrogen and oxygen atoms in total. The molecule has 2 rings (SSSR count). The second kappa shape index (κ2) is 9.68. The van der Waals surface area contributed by atoms with Gasteiger partial charge in [-0.1, -0.05) is 12.1 Å². The van der Waals surface area contributed by atoms with E-state index < -0.39 is 5.97 Å². The minimum atomic E-state index is -0.438. The molecule has 0 bridgehead atoms. The summed E-state index contributed by atoms with van der Waals surface area (Å²) in [4.78, 5) is 23.1. The number of hydrogen-bond donors (Lipinski definition) is 2. The second-order valence-electron chi connectivity index (χ2n) is 6.08. The zero-order chi connectivity index (χ0) is 19.8. The summed E-state index contributed by atoms with van der Waals surface area (Å²) in [7, 11) is 1.31. The number of rotatable bonds is 8. The van der Waals surface area contributed by atoms with E-state index in [1.165, 1.54) is 31.4 Å². The molecule has 0 unspecified atom stereocenters. The van der Waals surface area contributed by atoms with E-state index in [2.05, 4.69) is 15.4 Å². The highest BCUT2D eigenvalue weighted by molar-refractivity contribution is 5.92. The van der Waals surface area contributed by atoms with Crippen LogP contribution in [0.15, 0.2) is 36.4 Å². The van der Waals surface area contributed by atoms with Crippen molar-refractivity contribution < 1.29 is 23.5 Å². The first kappa shape index (κ1) is 20.4. The maximum Gasteiger partial charge on any atom is 0.343 e. The predicted octanol–water partition coefficient (Wildman–Crippen LogP) is 2.72. The van der Waals surface area contributed by atoms with Gasteiger partial charge in [-0.15, -0.1) is 0 Å². The summed E-state index contributed by atoms with van der Waals surface area (Å²) in [6, 6.07) is 9.46. The van der Waals surface area contributed by atoms with Crippen molar-refractivity contribution in [3.8, 4) is 5.75 Å². The van der Waals surface area contributed by atoms with Crippen LogP contribution in [0.25, 0.3) is 0 Å². The summed E-state index contributed by atoms with van der Waals surface area (Å²) in [6.45, 7) is 4.26. The summed E-state index contributed by atoms with van der Waals surface area (Å²) in [5.74, 6) is -0.353. The Morgan fingerprint density at radius 2 is 1.70 bits per heavy atom. The van der Waals surface area contributed by atoms with Gasteiger partial charge < -0.3 is 20.1 Å². The van der Waals surface area contributed by atoms with E-state index in [0.29, 0.717) is 18.0 Å². The van der Waals surface area contributed by atoms with Gasteiger partial charge in [0.15, 0.2) is 6.61 Å². The number of carbonyl (C=O) groups excluding carboxylic acids is 2. The van der Waals surface area contributed by atoms with Gasteiger partial charge in [0.25, 0.3) is 0 Å². The van der Waals surface area contributed by atoms with Crippen LogP contribution < -0.4 is 15.4 Å². The van der Waals surface area contributed by atoms with Crippen LogP contribution in [-0.4, -0.2) is 32.1 Å². The summed E-state index contributed by atoms with van der Waals surface area (Å²) < 4.78 is 22.9. The first-order valence-electron chi connectivity index (χ1n) is 8.45. The Bertz CT molecular complexity index is 783. The van der Waals surface area contributed by atoms with Gasteiger partial charge in [0.1, 0.15) is 11.6 Å². The molecule has 0 spiro atoms. The molecule has 144 valence electrons. The van der Waals surface area contributed by atoms with Gasteiger partial charge in [-0.05, 0) is 54.8 Å². The number of halogens is 1. The molecule has 0 radical (unpaired) electrons. The van der Waals surface area contributed by atoms with E-state index in [1.807, 2.05) is 26.0 Å². The minimum absolute atomic E-state index is 0.121. The highest BCUT2D eigenvalue weighted by Gasteiger charge is 2.10. The van der Waals surface area contributed by atoms with Gasteiger partial charge in [-0.2, -0.15) is 0 Å². The van der Waals surface area contributed by atoms with Gasteiger partial charge in [0.05, 0.1) is 13.7 Å². The number of hydrogen-bond acceptors (Lipinski definition) is 5. The number of anilines is 1. The molecule has 0 atom stereocenters. The molecule has 2 aromatic rings. The first-order chi connectivity index (χ1) is 12.9. The number of nitrogens with one attached hydrogen (secondary N) is 2. The van der Waals surface area contributed by atoms with Crippen LogP contribution >= 0.6 is 0 Å². The fourth-order valence-electron chi connectivity index (χ4n) is 2.62. The van der Waals surface area contributed by atoms with Crippen molar-refractivity contribution in [2.75, 3.05) is 25.6 Å². The molecule has 0 aromatic heterocycles. The van der Waals surface area contributed by atoms with Crippen LogP contribution in [0.1, 0.15) is 16.7 Å². The van der Waals surface area contributed by atoms with Crippen molar-refractivity contribution in [3.63, 3.8) is 0 Å². The number of aryl methyl sites for hydroxylation is 2. The standard InChI is InChI=1S/C20H23FN2O4/c1-13-8-15(9-14(2)20(13)27-12-19(25)26-3)10-22-11-18(24)23-17-6-4-16(21)5-7-17/h4-9,22H,10-12H2,1-3H3,(H,23,24). The monoisotopic (exact) mass is 374 g/mol. The third kappa shape index (κ3) is 6.38. The number of carbonyl (C=O) groups is 2. The molecule has 0 saturated heterocycles. The van der Waals surface area contributed by atoms with Crippen LogP contribution in [0.3, 0.4) is 0 Å². The fraction of sp³-hybridized carbons (Fsp3) is 0.300. The molecule has 0 aliphatic rings. The number of amides is 1. The molecular formula is C20H23FN2O4. The van der Waals surface area contributed by atoms with Crippen LogP contribution in [0, 0.1) is 19.7 Å². The Labute approximate surface area is 157 Å². The molecule has 2 aromatic carbocycles. The van der Waals surface area contributed by atoms with Crippen LogP contribution in [0.5, 0.6) is 5.75 Å². The minimum Gasteiger partial charge on any atom is -0.481 e. The van der Waals surface area contributed by atoms with Crippen LogP contribution in [-0.2, 0) is 20.9 Å². The highest BCUT2D eigenvalue weighted by atomic mass is 19.1. The van der Waals surface area contributed by atoms with Crippen molar-refractivity contribution in [2.24, 2.45) is 0 Å². The normalized spacial score (nSPS) is 10.4. The maximum absolute atomic E-state index is 12.9. The van der Waals surface area contributed by atoms with E-state index in [1.54, 1.807) is 0 Å². The maximum atomic E-state index is 12.9. The molecule has 0 aliphatic carbocycles. The predicted molar refractivity (Wildman–Crippen MR) is 100 cm³/mol. The summed E-state index contributed by atoms with van der Waals surface area (Å²) in [5.41, 5.74) is 3.32. The topological polar surface area (TPSA) is 76.7 Å². The lowest BCUT2D eigenvalue weighted by atomic mass is 10.1. The van der Waals surface area contributed by atoms with Crippen molar-refractivity contribution in [2.45, 2.75) is 20.4 Å². The number of esters is 1. The van der Waals surface area contributed by atoms with Gasteiger partial charge in [0, 0.05) is 12.2 Å².